The molecule has 0 aromatic heterocycles. The second-order valence-corrected chi connectivity index (χ2v) is 7.33. The van der Waals surface area contributed by atoms with Gasteiger partial charge in [0.25, 0.3) is 0 Å². The molecule has 2 fully saturated rings. The summed E-state index contributed by atoms with van der Waals surface area (Å²) in [5.41, 5.74) is 1.15. The molecule has 0 spiro atoms. The summed E-state index contributed by atoms with van der Waals surface area (Å²) in [6.45, 7) is 6.54. The number of nitrogens with zero attached hydrogens (tertiary/aromatic N) is 2. The molecule has 0 aliphatic carbocycles. The van der Waals surface area contributed by atoms with E-state index >= 15 is 0 Å². The van der Waals surface area contributed by atoms with Gasteiger partial charge in [0, 0.05) is 56.2 Å². The van der Waals surface area contributed by atoms with Crippen molar-refractivity contribution in [1.29, 1.82) is 0 Å². The van der Waals surface area contributed by atoms with Gasteiger partial charge >= 0.3 is 0 Å². The van der Waals surface area contributed by atoms with Crippen LogP contribution >= 0.6 is 0 Å². The first-order valence-corrected chi connectivity index (χ1v) is 10.4. The lowest BCUT2D eigenvalue weighted by Gasteiger charge is -2.35. The fraction of sp³-hybridized carbons (Fsp3) is 0.667. The number of nitrogens with one attached hydrogen (secondary N) is 2. The molecule has 2 aliphatic heterocycles. The number of anilines is 1. The Labute approximate surface area is 168 Å². The average molecular weight is 391 g/mol. The quantitative estimate of drug-likeness (QED) is 0.551. The second kappa shape index (κ2) is 10.4. The summed E-state index contributed by atoms with van der Waals surface area (Å²) in [5.74, 6) is 2.55. The zero-order chi connectivity index (χ0) is 19.8. The Bertz CT molecular complexity index is 616. The molecule has 0 saturated carbocycles. The monoisotopic (exact) mass is 390 g/mol. The lowest BCUT2D eigenvalue weighted by Crippen LogP contribution is -2.49. The van der Waals surface area contributed by atoms with Crippen LogP contribution in [0.15, 0.2) is 23.2 Å². The zero-order valence-electron chi connectivity index (χ0n) is 17.4. The van der Waals surface area contributed by atoms with Crippen LogP contribution in [0.2, 0.25) is 0 Å². The normalized spacial score (nSPS) is 20.9. The number of methoxy groups -OCH3 is 2. The Morgan fingerprint density at radius 3 is 2.43 bits per heavy atom. The third-order valence-corrected chi connectivity index (χ3v) is 5.36. The maximum absolute atomic E-state index is 5.68. The van der Waals surface area contributed by atoms with Crippen LogP contribution in [0.4, 0.5) is 5.69 Å². The minimum absolute atomic E-state index is 0.278. The fourth-order valence-corrected chi connectivity index (χ4v) is 3.75. The van der Waals surface area contributed by atoms with Crippen molar-refractivity contribution in [2.45, 2.75) is 44.8 Å². The van der Waals surface area contributed by atoms with E-state index in [4.69, 9.17) is 19.2 Å². The number of benzene rings is 1. The van der Waals surface area contributed by atoms with Gasteiger partial charge in [-0.1, -0.05) is 0 Å². The molecule has 0 radical (unpaired) electrons. The Hall–Kier alpha value is -2.15. The van der Waals surface area contributed by atoms with Gasteiger partial charge < -0.3 is 29.7 Å². The van der Waals surface area contributed by atoms with Crippen molar-refractivity contribution in [1.82, 2.24) is 10.6 Å². The van der Waals surface area contributed by atoms with E-state index in [-0.39, 0.29) is 6.10 Å². The van der Waals surface area contributed by atoms with Crippen molar-refractivity contribution in [3.63, 3.8) is 0 Å². The van der Waals surface area contributed by atoms with E-state index in [1.54, 1.807) is 14.2 Å². The van der Waals surface area contributed by atoms with E-state index in [9.17, 15) is 0 Å². The number of guanidine groups is 1. The topological polar surface area (TPSA) is 67.4 Å². The Morgan fingerprint density at radius 2 is 1.86 bits per heavy atom. The van der Waals surface area contributed by atoms with Crippen molar-refractivity contribution in [2.24, 2.45) is 4.99 Å². The SMILES string of the molecule is CCNC(=NCC1CCCO1)NC1CCN(c2cc(OC)cc(OC)c2)CC1. The molecular formula is C21H34N4O3. The van der Waals surface area contributed by atoms with Gasteiger partial charge in [-0.25, -0.2) is 0 Å². The predicted octanol–water partition coefficient (Wildman–Crippen LogP) is 2.41. The van der Waals surface area contributed by atoms with E-state index in [2.05, 4.69) is 34.6 Å². The fourth-order valence-electron chi connectivity index (χ4n) is 3.75. The summed E-state index contributed by atoms with van der Waals surface area (Å²) in [7, 11) is 3.37. The Balaban J connectivity index is 1.54. The maximum atomic E-state index is 5.68. The van der Waals surface area contributed by atoms with Crippen LogP contribution in [0.25, 0.3) is 0 Å². The zero-order valence-corrected chi connectivity index (χ0v) is 17.4. The highest BCUT2D eigenvalue weighted by molar-refractivity contribution is 5.80. The van der Waals surface area contributed by atoms with Gasteiger partial charge in [0.2, 0.25) is 0 Å². The number of aliphatic imine (C=N–C) groups is 1. The van der Waals surface area contributed by atoms with Gasteiger partial charge in [-0.2, -0.15) is 0 Å². The summed E-state index contributed by atoms with van der Waals surface area (Å²) in [6, 6.07) is 6.48. The molecule has 2 saturated heterocycles. The van der Waals surface area contributed by atoms with Crippen molar-refractivity contribution >= 4 is 11.6 Å². The van der Waals surface area contributed by atoms with Crippen molar-refractivity contribution in [2.75, 3.05) is 51.9 Å². The van der Waals surface area contributed by atoms with Crippen LogP contribution in [0, 0.1) is 0 Å². The van der Waals surface area contributed by atoms with E-state index in [0.29, 0.717) is 6.04 Å². The molecule has 156 valence electrons. The van der Waals surface area contributed by atoms with Crippen molar-refractivity contribution in [3.8, 4) is 11.5 Å². The molecule has 1 unspecified atom stereocenters. The third kappa shape index (κ3) is 5.67. The molecule has 28 heavy (non-hydrogen) atoms. The molecule has 0 amide bonds. The maximum Gasteiger partial charge on any atom is 0.191 e. The van der Waals surface area contributed by atoms with Crippen LogP contribution in [0.1, 0.15) is 32.6 Å². The summed E-state index contributed by atoms with van der Waals surface area (Å²) in [4.78, 5) is 7.12. The first-order valence-electron chi connectivity index (χ1n) is 10.4. The highest BCUT2D eigenvalue weighted by atomic mass is 16.5. The van der Waals surface area contributed by atoms with Gasteiger partial charge in [-0.05, 0) is 32.6 Å². The van der Waals surface area contributed by atoms with E-state index in [1.807, 2.05) is 6.07 Å². The molecule has 7 nitrogen and oxygen atoms in total. The van der Waals surface area contributed by atoms with Gasteiger partial charge in [0.05, 0.1) is 26.9 Å². The van der Waals surface area contributed by atoms with Crippen LogP contribution in [0.5, 0.6) is 11.5 Å². The van der Waals surface area contributed by atoms with Gasteiger partial charge in [-0.3, -0.25) is 4.99 Å². The molecule has 0 bridgehead atoms. The van der Waals surface area contributed by atoms with E-state index < -0.39 is 0 Å². The van der Waals surface area contributed by atoms with Crippen LogP contribution < -0.4 is 25.0 Å². The van der Waals surface area contributed by atoms with E-state index in [1.165, 1.54) is 0 Å². The molecule has 1 aromatic carbocycles. The summed E-state index contributed by atoms with van der Waals surface area (Å²) >= 11 is 0. The number of hydrogen-bond acceptors (Lipinski definition) is 5. The molecular weight excluding hydrogens is 356 g/mol. The number of hydrogen-bond donors (Lipinski definition) is 2. The lowest BCUT2D eigenvalue weighted by molar-refractivity contribution is 0.117. The first-order chi connectivity index (χ1) is 13.7. The lowest BCUT2D eigenvalue weighted by atomic mass is 10.0. The number of ether oxygens (including phenoxy) is 3. The number of piperidine rings is 1. The Morgan fingerprint density at radius 1 is 1.14 bits per heavy atom. The molecule has 1 atom stereocenters. The molecule has 2 heterocycles. The van der Waals surface area contributed by atoms with Crippen molar-refractivity contribution < 1.29 is 14.2 Å². The van der Waals surface area contributed by atoms with Crippen LogP contribution in [-0.4, -0.2) is 65.1 Å². The summed E-state index contributed by atoms with van der Waals surface area (Å²) in [5, 5.41) is 6.97. The van der Waals surface area contributed by atoms with Gasteiger partial charge in [-0.15, -0.1) is 0 Å². The molecule has 2 N–H and O–H groups in total. The van der Waals surface area contributed by atoms with Crippen LogP contribution in [-0.2, 0) is 4.74 Å². The second-order valence-electron chi connectivity index (χ2n) is 7.33. The van der Waals surface area contributed by atoms with Crippen LogP contribution in [0.3, 0.4) is 0 Å². The average Bonchev–Trinajstić information content (AvgIpc) is 3.26. The molecule has 3 rings (SSSR count). The molecule has 2 aliphatic rings. The predicted molar refractivity (Wildman–Crippen MR) is 113 cm³/mol. The van der Waals surface area contributed by atoms with Crippen molar-refractivity contribution in [3.05, 3.63) is 18.2 Å². The standard InChI is InChI=1S/C21H34N4O3/c1-4-22-21(23-15-18-6-5-11-28-18)24-16-7-9-25(10-8-16)17-12-19(26-2)14-20(13-17)27-3/h12-14,16,18H,4-11,15H2,1-3H3,(H2,22,23,24). The number of rotatable bonds is 7. The largest absolute Gasteiger partial charge is 0.497 e. The van der Waals surface area contributed by atoms with Gasteiger partial charge in [0.15, 0.2) is 5.96 Å². The smallest absolute Gasteiger partial charge is 0.191 e. The summed E-state index contributed by atoms with van der Waals surface area (Å²) in [6.07, 6.45) is 4.66. The molecule has 1 aromatic rings. The highest BCUT2D eigenvalue weighted by Gasteiger charge is 2.22. The third-order valence-electron chi connectivity index (χ3n) is 5.36. The highest BCUT2D eigenvalue weighted by Crippen LogP contribution is 2.30. The van der Waals surface area contributed by atoms with E-state index in [0.717, 1.165) is 81.6 Å². The first kappa shape index (κ1) is 20.6. The van der Waals surface area contributed by atoms with Gasteiger partial charge in [0.1, 0.15) is 11.5 Å². The minimum atomic E-state index is 0.278. The molecule has 7 heteroatoms. The summed E-state index contributed by atoms with van der Waals surface area (Å²) < 4.78 is 16.5. The Kier molecular flexibility index (Phi) is 7.65. The minimum Gasteiger partial charge on any atom is -0.497 e.